The molecule has 1 aliphatic heterocycles. The second kappa shape index (κ2) is 17.3. The third-order valence-electron chi connectivity index (χ3n) is 6.71. The maximum Gasteiger partial charge on any atom is 0.328 e. The van der Waals surface area contributed by atoms with Crippen molar-refractivity contribution < 1.29 is 39.6 Å². The fraction of sp³-hybridized carbons (Fsp3) is 0.387. The first-order valence-corrected chi connectivity index (χ1v) is 13.8. The van der Waals surface area contributed by atoms with E-state index in [1.165, 1.54) is 65.9 Å². The van der Waals surface area contributed by atoms with Gasteiger partial charge in [0.15, 0.2) is 0 Å². The van der Waals surface area contributed by atoms with Gasteiger partial charge in [-0.05, 0) is 62.4 Å². The first-order chi connectivity index (χ1) is 20.0. The predicted molar refractivity (Wildman–Crippen MR) is 159 cm³/mol. The molecule has 2 aliphatic rings. The van der Waals surface area contributed by atoms with Crippen LogP contribution < -0.4 is 4.90 Å². The van der Waals surface area contributed by atoms with Crippen LogP contribution in [0.1, 0.15) is 42.5 Å². The third kappa shape index (κ3) is 12.3. The summed E-state index contributed by atoms with van der Waals surface area (Å²) < 4.78 is 0. The number of carboxylic acids is 4. The molecule has 1 aromatic carbocycles. The Bertz CT molecular complexity index is 1210. The number of aryl methyl sites for hydroxylation is 2. The zero-order valence-corrected chi connectivity index (χ0v) is 24.0. The van der Waals surface area contributed by atoms with E-state index in [0.29, 0.717) is 24.3 Å². The molecular formula is C31H39N3O8. The standard InChI is InChI=1S/C23H31N3.2C4H4O4/c1-18-9-11-19(12-10-18)21-17-23(26-15-13-25(2)14-16-26)24-22-8-6-4-3-5-7-20(21)22;2*5-3(6)1-2-4(7)8/h9-12,17H,3-8,13-16H2,1-2H3;2*1-2H,(H,5,6)(H,7,8)/b;2*2-1-. The average Bonchev–Trinajstić information content (AvgIpc) is 2.92. The molecule has 1 saturated heterocycles. The summed E-state index contributed by atoms with van der Waals surface area (Å²) in [4.78, 5) is 48.3. The highest BCUT2D eigenvalue weighted by molar-refractivity contribution is 5.90. The lowest BCUT2D eigenvalue weighted by atomic mass is 9.90. The third-order valence-corrected chi connectivity index (χ3v) is 6.71. The molecule has 0 unspecified atom stereocenters. The molecular weight excluding hydrogens is 542 g/mol. The Kier molecular flexibility index (Phi) is 13.9. The Morgan fingerprint density at radius 3 is 1.67 bits per heavy atom. The summed E-state index contributed by atoms with van der Waals surface area (Å²) in [6.45, 7) is 6.57. The Labute approximate surface area is 245 Å². The second-order valence-corrected chi connectivity index (χ2v) is 10.0. The highest BCUT2D eigenvalue weighted by Gasteiger charge is 2.20. The Morgan fingerprint density at radius 1 is 0.714 bits per heavy atom. The summed E-state index contributed by atoms with van der Waals surface area (Å²) >= 11 is 0. The maximum atomic E-state index is 9.55. The molecule has 42 heavy (non-hydrogen) atoms. The van der Waals surface area contributed by atoms with Crippen LogP contribution in [0.4, 0.5) is 5.82 Å². The molecule has 1 aromatic heterocycles. The number of fused-ring (bicyclic) bond motifs is 1. The Morgan fingerprint density at radius 2 is 1.19 bits per heavy atom. The van der Waals surface area contributed by atoms with Crippen molar-refractivity contribution in [3.63, 3.8) is 0 Å². The SMILES string of the molecule is Cc1ccc(-c2cc(N3CCN(C)CC3)nc3c2CCCCCC3)cc1.O=C(O)/C=C\C(=O)O.O=C(O)/C=C\C(=O)O. The van der Waals surface area contributed by atoms with E-state index < -0.39 is 23.9 Å². The van der Waals surface area contributed by atoms with Crippen molar-refractivity contribution in [1.29, 1.82) is 0 Å². The van der Waals surface area contributed by atoms with Crippen LogP contribution in [0.25, 0.3) is 11.1 Å². The predicted octanol–water partition coefficient (Wildman–Crippen LogP) is 3.89. The first kappa shape index (κ1) is 33.7. The number of likely N-dealkylation sites (N-methyl/N-ethyl adjacent to an activating group) is 1. The Hall–Kier alpha value is -4.51. The second-order valence-electron chi connectivity index (χ2n) is 10.0. The van der Waals surface area contributed by atoms with Crippen molar-refractivity contribution in [1.82, 2.24) is 9.88 Å². The van der Waals surface area contributed by atoms with Gasteiger partial charge in [0.05, 0.1) is 0 Å². The van der Waals surface area contributed by atoms with Crippen LogP contribution in [0.5, 0.6) is 0 Å². The van der Waals surface area contributed by atoms with E-state index in [9.17, 15) is 19.2 Å². The van der Waals surface area contributed by atoms with Gasteiger partial charge in [-0.2, -0.15) is 0 Å². The smallest absolute Gasteiger partial charge is 0.328 e. The Balaban J connectivity index is 0.000000319. The van der Waals surface area contributed by atoms with Gasteiger partial charge in [-0.1, -0.05) is 42.7 Å². The van der Waals surface area contributed by atoms with E-state index in [4.69, 9.17) is 25.4 Å². The highest BCUT2D eigenvalue weighted by Crippen LogP contribution is 2.33. The number of aliphatic carboxylic acids is 4. The van der Waals surface area contributed by atoms with E-state index >= 15 is 0 Å². The molecule has 1 aliphatic carbocycles. The number of pyridine rings is 1. The van der Waals surface area contributed by atoms with E-state index in [-0.39, 0.29) is 0 Å². The van der Waals surface area contributed by atoms with Crippen LogP contribution in [0.3, 0.4) is 0 Å². The van der Waals surface area contributed by atoms with E-state index in [0.717, 1.165) is 32.6 Å². The molecule has 2 aromatic rings. The number of hydrogen-bond donors (Lipinski definition) is 4. The van der Waals surface area contributed by atoms with Crippen molar-refractivity contribution in [3.8, 4) is 11.1 Å². The number of nitrogens with zero attached hydrogens (tertiary/aromatic N) is 3. The molecule has 0 saturated carbocycles. The molecule has 0 bridgehead atoms. The molecule has 11 nitrogen and oxygen atoms in total. The molecule has 4 N–H and O–H groups in total. The van der Waals surface area contributed by atoms with Gasteiger partial charge < -0.3 is 30.2 Å². The number of carboxylic acid groups (broad SMARTS) is 4. The number of benzene rings is 1. The number of hydrogen-bond acceptors (Lipinski definition) is 7. The lowest BCUT2D eigenvalue weighted by Gasteiger charge is -2.34. The summed E-state index contributed by atoms with van der Waals surface area (Å²) in [5, 5.41) is 31.2. The van der Waals surface area contributed by atoms with Crippen molar-refractivity contribution in [2.75, 3.05) is 38.1 Å². The first-order valence-electron chi connectivity index (χ1n) is 13.8. The van der Waals surface area contributed by atoms with Gasteiger partial charge >= 0.3 is 23.9 Å². The minimum Gasteiger partial charge on any atom is -0.478 e. The fourth-order valence-electron chi connectivity index (χ4n) is 4.52. The lowest BCUT2D eigenvalue weighted by Crippen LogP contribution is -2.45. The van der Waals surface area contributed by atoms with Crippen LogP contribution in [-0.4, -0.2) is 87.4 Å². The van der Waals surface area contributed by atoms with Crippen LogP contribution in [0, 0.1) is 6.92 Å². The number of carbonyl (C=O) groups is 4. The van der Waals surface area contributed by atoms with Crippen molar-refractivity contribution in [2.45, 2.75) is 45.4 Å². The zero-order chi connectivity index (χ0) is 31.1. The van der Waals surface area contributed by atoms with Gasteiger partial charge in [0, 0.05) is 56.2 Å². The zero-order valence-electron chi connectivity index (χ0n) is 24.0. The number of rotatable bonds is 6. The molecule has 226 valence electrons. The van der Waals surface area contributed by atoms with Gasteiger partial charge in [0.2, 0.25) is 0 Å². The quantitative estimate of drug-likeness (QED) is 0.365. The van der Waals surface area contributed by atoms with Crippen LogP contribution in [0.15, 0.2) is 54.6 Å². The number of aromatic nitrogens is 1. The average molecular weight is 582 g/mol. The topological polar surface area (TPSA) is 169 Å². The molecule has 0 atom stereocenters. The molecule has 0 radical (unpaired) electrons. The summed E-state index contributed by atoms with van der Waals surface area (Å²) in [6, 6.07) is 11.4. The minimum absolute atomic E-state index is 0.558. The summed E-state index contributed by atoms with van der Waals surface area (Å²) in [7, 11) is 2.21. The summed E-state index contributed by atoms with van der Waals surface area (Å²) in [5.74, 6) is -3.84. The fourth-order valence-corrected chi connectivity index (χ4v) is 4.52. The lowest BCUT2D eigenvalue weighted by molar-refractivity contribution is -0.134. The monoisotopic (exact) mass is 581 g/mol. The molecule has 0 amide bonds. The van der Waals surface area contributed by atoms with Gasteiger partial charge in [-0.3, -0.25) is 0 Å². The normalized spacial score (nSPS) is 15.3. The van der Waals surface area contributed by atoms with Crippen LogP contribution in [0.2, 0.25) is 0 Å². The van der Waals surface area contributed by atoms with Crippen molar-refractivity contribution in [3.05, 3.63) is 71.5 Å². The number of anilines is 1. The highest BCUT2D eigenvalue weighted by atomic mass is 16.4. The van der Waals surface area contributed by atoms with Gasteiger partial charge in [-0.25, -0.2) is 24.2 Å². The van der Waals surface area contributed by atoms with Gasteiger partial charge in [-0.15, -0.1) is 0 Å². The minimum atomic E-state index is -1.26. The van der Waals surface area contributed by atoms with E-state index in [2.05, 4.69) is 54.1 Å². The van der Waals surface area contributed by atoms with Crippen LogP contribution >= 0.6 is 0 Å². The van der Waals surface area contributed by atoms with Gasteiger partial charge in [0.1, 0.15) is 5.82 Å². The summed E-state index contributed by atoms with van der Waals surface area (Å²) in [6.07, 6.45) is 9.81. The molecule has 11 heteroatoms. The van der Waals surface area contributed by atoms with Crippen molar-refractivity contribution in [2.24, 2.45) is 0 Å². The molecule has 1 fully saturated rings. The molecule has 4 rings (SSSR count). The van der Waals surface area contributed by atoms with Gasteiger partial charge in [0.25, 0.3) is 0 Å². The molecule has 0 spiro atoms. The van der Waals surface area contributed by atoms with E-state index in [1.54, 1.807) is 0 Å². The molecule has 2 heterocycles. The summed E-state index contributed by atoms with van der Waals surface area (Å²) in [5.41, 5.74) is 6.96. The van der Waals surface area contributed by atoms with Crippen molar-refractivity contribution >= 4 is 29.7 Å². The van der Waals surface area contributed by atoms with Crippen LogP contribution in [-0.2, 0) is 32.0 Å². The maximum absolute atomic E-state index is 9.55. The number of piperazine rings is 1. The van der Waals surface area contributed by atoms with E-state index in [1.807, 2.05) is 0 Å². The largest absolute Gasteiger partial charge is 0.478 e.